The van der Waals surface area contributed by atoms with Gasteiger partial charge in [0, 0.05) is 13.0 Å². The third kappa shape index (κ3) is 2.08. The molecule has 1 N–H and O–H groups in total. The lowest BCUT2D eigenvalue weighted by Gasteiger charge is -2.27. The van der Waals surface area contributed by atoms with E-state index in [1.807, 2.05) is 0 Å². The summed E-state index contributed by atoms with van der Waals surface area (Å²) in [5.74, 6) is 1.07. The minimum Gasteiger partial charge on any atom is -0.327 e. The van der Waals surface area contributed by atoms with Crippen molar-refractivity contribution >= 4 is 5.91 Å². The zero-order valence-electron chi connectivity index (χ0n) is 8.96. The summed E-state index contributed by atoms with van der Waals surface area (Å²) < 4.78 is 0. The Morgan fingerprint density at radius 1 is 1.36 bits per heavy atom. The van der Waals surface area contributed by atoms with Crippen LogP contribution >= 0.6 is 0 Å². The largest absolute Gasteiger partial charge is 0.327 e. The van der Waals surface area contributed by atoms with Gasteiger partial charge in [0.05, 0.1) is 6.17 Å². The normalized spacial score (nSPS) is 34.6. The van der Waals surface area contributed by atoms with Gasteiger partial charge < -0.3 is 4.90 Å². The second-order valence-corrected chi connectivity index (χ2v) is 4.63. The lowest BCUT2D eigenvalue weighted by molar-refractivity contribution is -0.133. The highest BCUT2D eigenvalue weighted by Gasteiger charge is 2.28. The molecule has 2 rings (SSSR count). The number of nitrogens with zero attached hydrogens (tertiary/aromatic N) is 1. The van der Waals surface area contributed by atoms with Crippen LogP contribution in [0.1, 0.15) is 39.0 Å². The Hall–Kier alpha value is -0.570. The number of hydrogen-bond donors (Lipinski definition) is 1. The highest BCUT2D eigenvalue weighted by atomic mass is 16.2. The van der Waals surface area contributed by atoms with Crippen LogP contribution in [0.5, 0.6) is 0 Å². The number of rotatable bonds is 1. The van der Waals surface area contributed by atoms with Crippen LogP contribution in [0.3, 0.4) is 0 Å². The smallest absolute Gasteiger partial charge is 0.223 e. The van der Waals surface area contributed by atoms with E-state index in [4.69, 9.17) is 0 Å². The fraction of sp³-hybridized carbons (Fsp3) is 0.909. The van der Waals surface area contributed by atoms with Gasteiger partial charge in [-0.25, -0.2) is 0 Å². The van der Waals surface area contributed by atoms with Crippen molar-refractivity contribution in [1.82, 2.24) is 10.2 Å². The van der Waals surface area contributed by atoms with Crippen molar-refractivity contribution in [2.24, 2.45) is 5.92 Å². The molecule has 0 aromatic heterocycles. The first-order chi connectivity index (χ1) is 6.77. The Labute approximate surface area is 85.8 Å². The molecule has 2 fully saturated rings. The number of carbonyl (C=O) groups is 1. The fourth-order valence-corrected chi connectivity index (χ4v) is 2.40. The molecule has 80 valence electrons. The van der Waals surface area contributed by atoms with Crippen LogP contribution in [0.2, 0.25) is 0 Å². The van der Waals surface area contributed by atoms with E-state index in [0.29, 0.717) is 18.0 Å². The molecule has 2 saturated heterocycles. The van der Waals surface area contributed by atoms with Crippen molar-refractivity contribution in [2.75, 3.05) is 13.1 Å². The monoisotopic (exact) mass is 196 g/mol. The van der Waals surface area contributed by atoms with Crippen LogP contribution in [-0.2, 0) is 4.79 Å². The third-order valence-electron chi connectivity index (χ3n) is 3.44. The van der Waals surface area contributed by atoms with Gasteiger partial charge in [-0.3, -0.25) is 10.1 Å². The van der Waals surface area contributed by atoms with Crippen LogP contribution in [0, 0.1) is 5.92 Å². The van der Waals surface area contributed by atoms with Crippen molar-refractivity contribution in [1.29, 1.82) is 0 Å². The molecule has 2 aliphatic heterocycles. The second kappa shape index (κ2) is 4.30. The Balaban J connectivity index is 1.97. The topological polar surface area (TPSA) is 32.3 Å². The number of amides is 1. The van der Waals surface area contributed by atoms with E-state index in [0.717, 1.165) is 32.4 Å². The van der Waals surface area contributed by atoms with Gasteiger partial charge >= 0.3 is 0 Å². The van der Waals surface area contributed by atoms with Gasteiger partial charge in [-0.2, -0.15) is 0 Å². The summed E-state index contributed by atoms with van der Waals surface area (Å²) >= 11 is 0. The van der Waals surface area contributed by atoms with Gasteiger partial charge in [-0.05, 0) is 38.1 Å². The summed E-state index contributed by atoms with van der Waals surface area (Å²) in [7, 11) is 0. The Kier molecular flexibility index (Phi) is 3.06. The van der Waals surface area contributed by atoms with Crippen LogP contribution < -0.4 is 5.32 Å². The Bertz CT molecular complexity index is 211. The lowest BCUT2D eigenvalue weighted by Crippen LogP contribution is -2.45. The van der Waals surface area contributed by atoms with E-state index < -0.39 is 0 Å². The van der Waals surface area contributed by atoms with E-state index in [9.17, 15) is 4.79 Å². The quantitative estimate of drug-likeness (QED) is 0.686. The molecule has 3 heteroatoms. The minimum atomic E-state index is 0.341. The highest BCUT2D eigenvalue weighted by molar-refractivity contribution is 5.76. The van der Waals surface area contributed by atoms with Crippen LogP contribution in [0.15, 0.2) is 0 Å². The molecule has 0 aromatic rings. The van der Waals surface area contributed by atoms with Crippen molar-refractivity contribution in [3.63, 3.8) is 0 Å². The average molecular weight is 196 g/mol. The average Bonchev–Trinajstić information content (AvgIpc) is 2.63. The molecule has 2 aliphatic rings. The first-order valence-electron chi connectivity index (χ1n) is 5.80. The second-order valence-electron chi connectivity index (χ2n) is 4.63. The zero-order chi connectivity index (χ0) is 9.97. The minimum absolute atomic E-state index is 0.341. The highest BCUT2D eigenvalue weighted by Crippen LogP contribution is 2.21. The first kappa shape index (κ1) is 9.97. The fourth-order valence-electron chi connectivity index (χ4n) is 2.40. The van der Waals surface area contributed by atoms with E-state index in [2.05, 4.69) is 17.1 Å². The summed E-state index contributed by atoms with van der Waals surface area (Å²) in [6, 6.07) is 0. The number of carbonyl (C=O) groups excluding carboxylic acids is 1. The first-order valence-corrected chi connectivity index (χ1v) is 5.80. The zero-order valence-corrected chi connectivity index (χ0v) is 8.96. The van der Waals surface area contributed by atoms with Gasteiger partial charge in [0.1, 0.15) is 0 Å². The number of likely N-dealkylation sites (tertiary alicyclic amines) is 1. The standard InChI is InChI=1S/C11H20N2O/c1-9-4-5-11(14)13(8-6-9)10-3-2-7-12-10/h9-10,12H,2-8H2,1H3. The van der Waals surface area contributed by atoms with Gasteiger partial charge in [0.2, 0.25) is 5.91 Å². The predicted octanol–water partition coefficient (Wildman–Crippen LogP) is 1.34. The number of nitrogens with one attached hydrogen (secondary N) is 1. The van der Waals surface area contributed by atoms with Crippen LogP contribution in [-0.4, -0.2) is 30.1 Å². The molecule has 2 atom stereocenters. The molecule has 2 heterocycles. The molecular formula is C11H20N2O. The summed E-state index contributed by atoms with van der Waals surface area (Å²) in [4.78, 5) is 13.9. The van der Waals surface area contributed by atoms with Gasteiger partial charge in [-0.1, -0.05) is 6.92 Å². The number of hydrogen-bond acceptors (Lipinski definition) is 2. The van der Waals surface area contributed by atoms with E-state index in [1.165, 1.54) is 12.8 Å². The molecule has 1 amide bonds. The van der Waals surface area contributed by atoms with Gasteiger partial charge in [0.25, 0.3) is 0 Å². The summed E-state index contributed by atoms with van der Waals surface area (Å²) in [5.41, 5.74) is 0. The van der Waals surface area contributed by atoms with E-state index in [1.54, 1.807) is 0 Å². The SMILES string of the molecule is CC1CCC(=O)N(C2CCCN2)CC1. The molecule has 3 nitrogen and oxygen atoms in total. The summed E-state index contributed by atoms with van der Waals surface area (Å²) in [6.45, 7) is 4.28. The van der Waals surface area contributed by atoms with Crippen molar-refractivity contribution in [2.45, 2.75) is 45.2 Å². The van der Waals surface area contributed by atoms with Crippen molar-refractivity contribution < 1.29 is 4.79 Å². The maximum absolute atomic E-state index is 11.8. The molecule has 0 aliphatic carbocycles. The van der Waals surface area contributed by atoms with Crippen molar-refractivity contribution in [3.05, 3.63) is 0 Å². The molecule has 0 radical (unpaired) electrons. The predicted molar refractivity (Wildman–Crippen MR) is 55.8 cm³/mol. The molecule has 0 bridgehead atoms. The van der Waals surface area contributed by atoms with Gasteiger partial charge in [0.15, 0.2) is 0 Å². The van der Waals surface area contributed by atoms with Gasteiger partial charge in [-0.15, -0.1) is 0 Å². The molecule has 0 spiro atoms. The lowest BCUT2D eigenvalue weighted by atomic mass is 10.0. The van der Waals surface area contributed by atoms with Crippen molar-refractivity contribution in [3.8, 4) is 0 Å². The maximum Gasteiger partial charge on any atom is 0.223 e. The van der Waals surface area contributed by atoms with E-state index >= 15 is 0 Å². The molecule has 14 heavy (non-hydrogen) atoms. The molecule has 0 saturated carbocycles. The third-order valence-corrected chi connectivity index (χ3v) is 3.44. The summed E-state index contributed by atoms with van der Waals surface area (Å²) in [5, 5.41) is 3.40. The molecule has 2 unspecified atom stereocenters. The van der Waals surface area contributed by atoms with Crippen LogP contribution in [0.4, 0.5) is 0 Å². The van der Waals surface area contributed by atoms with Crippen LogP contribution in [0.25, 0.3) is 0 Å². The maximum atomic E-state index is 11.8. The molecular weight excluding hydrogens is 176 g/mol. The van der Waals surface area contributed by atoms with E-state index in [-0.39, 0.29) is 0 Å². The Morgan fingerprint density at radius 3 is 2.93 bits per heavy atom. The summed E-state index contributed by atoms with van der Waals surface area (Å²) in [6.07, 6.45) is 5.68. The Morgan fingerprint density at radius 2 is 2.21 bits per heavy atom. The molecule has 0 aromatic carbocycles.